The molecule has 0 aliphatic carbocycles. The van der Waals surface area contributed by atoms with Gasteiger partial charge in [-0.05, 0) is 26.0 Å². The third-order valence-electron chi connectivity index (χ3n) is 3.22. The van der Waals surface area contributed by atoms with Crippen LogP contribution in [0.15, 0.2) is 24.3 Å². The van der Waals surface area contributed by atoms with E-state index in [2.05, 4.69) is 10.3 Å². The minimum absolute atomic E-state index is 0.0440. The van der Waals surface area contributed by atoms with Gasteiger partial charge in [0, 0.05) is 13.1 Å². The molecule has 100 valence electrons. The SMILES string of the molecule is CC1CN(C(=O)n2nnc3ccccc32)C[C@@H](C)O1. The highest BCUT2D eigenvalue weighted by atomic mass is 16.5. The van der Waals surface area contributed by atoms with E-state index in [1.54, 1.807) is 4.90 Å². The maximum absolute atomic E-state index is 12.5. The molecule has 0 spiro atoms. The second-order valence-corrected chi connectivity index (χ2v) is 4.93. The molecule has 1 aromatic heterocycles. The molecule has 0 N–H and O–H groups in total. The maximum Gasteiger partial charge on any atom is 0.346 e. The normalized spacial score (nSPS) is 23.8. The number of aromatic nitrogens is 3. The number of benzene rings is 1. The summed E-state index contributed by atoms with van der Waals surface area (Å²) in [6.45, 7) is 5.10. The third-order valence-corrected chi connectivity index (χ3v) is 3.22. The van der Waals surface area contributed by atoms with Gasteiger partial charge in [-0.1, -0.05) is 17.3 Å². The molecule has 3 rings (SSSR count). The second-order valence-electron chi connectivity index (χ2n) is 4.93. The number of carbonyl (C=O) groups is 1. The lowest BCUT2D eigenvalue weighted by Gasteiger charge is -2.34. The van der Waals surface area contributed by atoms with E-state index in [4.69, 9.17) is 4.74 Å². The van der Waals surface area contributed by atoms with Crippen molar-refractivity contribution in [1.29, 1.82) is 0 Å². The average molecular weight is 260 g/mol. The summed E-state index contributed by atoms with van der Waals surface area (Å²) in [5, 5.41) is 7.96. The van der Waals surface area contributed by atoms with Gasteiger partial charge in [0.25, 0.3) is 0 Å². The van der Waals surface area contributed by atoms with E-state index in [1.807, 2.05) is 38.1 Å². The van der Waals surface area contributed by atoms with E-state index in [0.29, 0.717) is 13.1 Å². The summed E-state index contributed by atoms with van der Waals surface area (Å²) in [5.74, 6) is 0. The molecule has 0 saturated carbocycles. The van der Waals surface area contributed by atoms with Gasteiger partial charge in [-0.25, -0.2) is 4.79 Å². The zero-order chi connectivity index (χ0) is 13.4. The molecular formula is C13H16N4O2. The Morgan fingerprint density at radius 1 is 1.26 bits per heavy atom. The van der Waals surface area contributed by atoms with Gasteiger partial charge in [0.15, 0.2) is 0 Å². The van der Waals surface area contributed by atoms with Crippen molar-refractivity contribution in [3.8, 4) is 0 Å². The number of carbonyl (C=O) groups excluding carboxylic acids is 1. The fourth-order valence-corrected chi connectivity index (χ4v) is 2.48. The predicted octanol–water partition coefficient (Wildman–Crippen LogP) is 1.51. The van der Waals surface area contributed by atoms with Crippen molar-refractivity contribution in [1.82, 2.24) is 19.9 Å². The molecule has 6 nitrogen and oxygen atoms in total. The first-order valence-electron chi connectivity index (χ1n) is 6.40. The largest absolute Gasteiger partial charge is 0.372 e. The number of rotatable bonds is 0. The molecule has 2 atom stereocenters. The summed E-state index contributed by atoms with van der Waals surface area (Å²) in [4.78, 5) is 14.3. The van der Waals surface area contributed by atoms with Crippen LogP contribution in [0.2, 0.25) is 0 Å². The molecule has 0 radical (unpaired) electrons. The van der Waals surface area contributed by atoms with Crippen molar-refractivity contribution in [3.63, 3.8) is 0 Å². The highest BCUT2D eigenvalue weighted by Crippen LogP contribution is 2.15. The van der Waals surface area contributed by atoms with Gasteiger partial charge in [-0.15, -0.1) is 5.10 Å². The quantitative estimate of drug-likeness (QED) is 0.720. The number of fused-ring (bicyclic) bond motifs is 1. The lowest BCUT2D eigenvalue weighted by Crippen LogP contribution is -2.49. The van der Waals surface area contributed by atoms with E-state index >= 15 is 0 Å². The molecular weight excluding hydrogens is 244 g/mol. The van der Waals surface area contributed by atoms with Crippen LogP contribution >= 0.6 is 0 Å². The van der Waals surface area contributed by atoms with E-state index in [0.717, 1.165) is 11.0 Å². The fourth-order valence-electron chi connectivity index (χ4n) is 2.48. The Balaban J connectivity index is 1.91. The van der Waals surface area contributed by atoms with Crippen LogP contribution < -0.4 is 0 Å². The molecule has 19 heavy (non-hydrogen) atoms. The molecule has 2 heterocycles. The maximum atomic E-state index is 12.5. The summed E-state index contributed by atoms with van der Waals surface area (Å²) in [6.07, 6.45) is 0.0879. The van der Waals surface area contributed by atoms with Gasteiger partial charge in [0.1, 0.15) is 5.52 Å². The zero-order valence-corrected chi connectivity index (χ0v) is 11.0. The van der Waals surface area contributed by atoms with Gasteiger partial charge < -0.3 is 9.64 Å². The van der Waals surface area contributed by atoms with E-state index in [1.165, 1.54) is 4.68 Å². The van der Waals surface area contributed by atoms with Crippen LogP contribution in [0.4, 0.5) is 4.79 Å². The molecule has 1 amide bonds. The first kappa shape index (κ1) is 12.1. The highest BCUT2D eigenvalue weighted by molar-refractivity contribution is 5.87. The Kier molecular flexibility index (Phi) is 2.94. The van der Waals surface area contributed by atoms with E-state index in [-0.39, 0.29) is 18.2 Å². The Bertz CT molecular complexity index is 599. The standard InChI is InChI=1S/C13H16N4O2/c1-9-7-16(8-10(2)19-9)13(18)17-12-6-4-3-5-11(12)14-15-17/h3-6,9-10H,7-8H2,1-2H3/t9-,10?/m1/s1. The van der Waals surface area contributed by atoms with Crippen LogP contribution in [0.1, 0.15) is 13.8 Å². The van der Waals surface area contributed by atoms with E-state index < -0.39 is 0 Å². The first-order valence-corrected chi connectivity index (χ1v) is 6.40. The number of amides is 1. The molecule has 1 saturated heterocycles. The monoisotopic (exact) mass is 260 g/mol. The smallest absolute Gasteiger partial charge is 0.346 e. The van der Waals surface area contributed by atoms with Crippen molar-refractivity contribution in [2.45, 2.75) is 26.1 Å². The summed E-state index contributed by atoms with van der Waals surface area (Å²) in [5.41, 5.74) is 1.46. The van der Waals surface area contributed by atoms with E-state index in [9.17, 15) is 4.79 Å². The number of ether oxygens (including phenoxy) is 1. The third kappa shape index (κ3) is 2.19. The predicted molar refractivity (Wildman–Crippen MR) is 69.9 cm³/mol. The molecule has 1 aliphatic heterocycles. The zero-order valence-electron chi connectivity index (χ0n) is 11.0. The molecule has 1 aromatic carbocycles. The topological polar surface area (TPSA) is 60.2 Å². The first-order chi connectivity index (χ1) is 9.15. The summed E-state index contributed by atoms with van der Waals surface area (Å²) in [6, 6.07) is 7.30. The number of para-hydroxylation sites is 1. The molecule has 1 unspecified atom stereocenters. The van der Waals surface area contributed by atoms with Gasteiger partial charge in [0.2, 0.25) is 0 Å². The summed E-state index contributed by atoms with van der Waals surface area (Å²) >= 11 is 0. The molecule has 0 bridgehead atoms. The summed E-state index contributed by atoms with van der Waals surface area (Å²) in [7, 11) is 0. The Hall–Kier alpha value is -1.95. The van der Waals surface area contributed by atoms with Crippen molar-refractivity contribution in [2.75, 3.05) is 13.1 Å². The van der Waals surface area contributed by atoms with Gasteiger partial charge >= 0.3 is 6.03 Å². The van der Waals surface area contributed by atoms with Gasteiger partial charge in [-0.3, -0.25) is 0 Å². The lowest BCUT2D eigenvalue weighted by molar-refractivity contribution is -0.0546. The van der Waals surface area contributed by atoms with Crippen LogP contribution in [0.5, 0.6) is 0 Å². The summed E-state index contributed by atoms with van der Waals surface area (Å²) < 4.78 is 6.99. The lowest BCUT2D eigenvalue weighted by atomic mass is 10.2. The van der Waals surface area contributed by atoms with Crippen molar-refractivity contribution >= 4 is 17.1 Å². The Morgan fingerprint density at radius 2 is 1.95 bits per heavy atom. The molecule has 2 aromatic rings. The minimum Gasteiger partial charge on any atom is -0.372 e. The van der Waals surface area contributed by atoms with Crippen molar-refractivity contribution in [3.05, 3.63) is 24.3 Å². The van der Waals surface area contributed by atoms with Crippen LogP contribution in [0.3, 0.4) is 0 Å². The van der Waals surface area contributed by atoms with Crippen LogP contribution in [0, 0.1) is 0 Å². The second kappa shape index (κ2) is 4.62. The van der Waals surface area contributed by atoms with Crippen LogP contribution in [-0.2, 0) is 4.74 Å². The number of nitrogens with zero attached hydrogens (tertiary/aromatic N) is 4. The van der Waals surface area contributed by atoms with Crippen molar-refractivity contribution in [2.24, 2.45) is 0 Å². The van der Waals surface area contributed by atoms with Gasteiger partial charge in [-0.2, -0.15) is 4.68 Å². The van der Waals surface area contributed by atoms with Gasteiger partial charge in [0.05, 0.1) is 17.7 Å². The Labute approximate surface area is 110 Å². The Morgan fingerprint density at radius 3 is 2.68 bits per heavy atom. The molecule has 1 aliphatic rings. The van der Waals surface area contributed by atoms with Crippen molar-refractivity contribution < 1.29 is 9.53 Å². The number of hydrogen-bond acceptors (Lipinski definition) is 4. The molecule has 6 heteroatoms. The fraction of sp³-hybridized carbons (Fsp3) is 0.462. The number of hydrogen-bond donors (Lipinski definition) is 0. The number of morpholine rings is 1. The minimum atomic E-state index is -0.143. The van der Waals surface area contributed by atoms with Crippen LogP contribution in [-0.4, -0.2) is 51.2 Å². The highest BCUT2D eigenvalue weighted by Gasteiger charge is 2.28. The average Bonchev–Trinajstić information content (AvgIpc) is 2.80. The molecule has 1 fully saturated rings. The van der Waals surface area contributed by atoms with Crippen LogP contribution in [0.25, 0.3) is 11.0 Å².